The lowest BCUT2D eigenvalue weighted by Gasteiger charge is -2.30. The van der Waals surface area contributed by atoms with Gasteiger partial charge < -0.3 is 0 Å². The first-order chi connectivity index (χ1) is 17.3. The van der Waals surface area contributed by atoms with Crippen LogP contribution in [0.1, 0.15) is 0 Å². The van der Waals surface area contributed by atoms with Gasteiger partial charge in [0.15, 0.2) is 15.9 Å². The van der Waals surface area contributed by atoms with E-state index < -0.39 is 116 Å². The molecule has 0 fully saturated rings. The van der Waals surface area contributed by atoms with Gasteiger partial charge in [-0.3, -0.25) is 0 Å². The summed E-state index contributed by atoms with van der Waals surface area (Å²) >= 11 is 0. The van der Waals surface area contributed by atoms with Gasteiger partial charge >= 0.3 is 5.92 Å². The van der Waals surface area contributed by atoms with Crippen LogP contribution < -0.4 is 15.9 Å². The van der Waals surface area contributed by atoms with Crippen LogP contribution in [0.2, 0.25) is 0 Å². The summed E-state index contributed by atoms with van der Waals surface area (Å²) < 4.78 is 256. The van der Waals surface area contributed by atoms with E-state index in [4.69, 9.17) is 0 Å². The number of rotatable bonds is 3. The maximum atomic E-state index is 14.7. The van der Waals surface area contributed by atoms with E-state index in [0.717, 1.165) is 0 Å². The van der Waals surface area contributed by atoms with Gasteiger partial charge in [-0.2, -0.15) is 26.3 Å². The highest BCUT2D eigenvalue weighted by Gasteiger charge is 2.76. The number of benzene rings is 3. The lowest BCUT2D eigenvalue weighted by atomic mass is 10.3. The molecule has 38 heavy (non-hydrogen) atoms. The molecule has 0 bridgehead atoms. The molecule has 0 unspecified atom stereocenters. The Balaban J connectivity index is 2.96. The first-order valence-corrected chi connectivity index (χ1v) is 10.6. The van der Waals surface area contributed by atoms with Gasteiger partial charge in [0.05, 0.1) is 0 Å². The smallest absolute Gasteiger partial charge is 0.200 e. The van der Waals surface area contributed by atoms with Crippen molar-refractivity contribution < 1.29 is 79.0 Å². The second kappa shape index (κ2) is 9.24. The normalized spacial score (nSPS) is 12.5. The van der Waals surface area contributed by atoms with Crippen LogP contribution in [-0.4, -0.2) is 5.92 Å². The number of alkyl halides is 3. The molecule has 0 aliphatic heterocycles. The molecule has 0 aromatic heterocycles. The van der Waals surface area contributed by atoms with E-state index >= 15 is 0 Å². The molecule has 3 aromatic carbocycles. The van der Waals surface area contributed by atoms with Gasteiger partial charge in [-0.1, -0.05) is 0 Å². The number of hydrogen-bond acceptors (Lipinski definition) is 0. The fourth-order valence-corrected chi connectivity index (χ4v) is 7.17. The number of hydrogen-bond donors (Lipinski definition) is 0. The third kappa shape index (κ3) is 3.62. The number of halogens is 18. The molecule has 0 amide bonds. The first kappa shape index (κ1) is 29.4. The average molecular weight is 601 g/mol. The molecule has 206 valence electrons. The van der Waals surface area contributed by atoms with Gasteiger partial charge in [-0.15, -0.1) is 13.2 Å². The van der Waals surface area contributed by atoms with Gasteiger partial charge in [0.2, 0.25) is 94.5 Å². The minimum atomic E-state index is -8.37. The lowest BCUT2D eigenvalue weighted by molar-refractivity contribution is -0.0405. The van der Waals surface area contributed by atoms with Crippen molar-refractivity contribution in [3.05, 3.63) is 87.3 Å². The summed E-state index contributed by atoms with van der Waals surface area (Å²) in [5, 5.41) is -11.1. The SMILES string of the molecule is Fc1c(F)c(F)c([P+](c2c(F)c(F)c(F)c(F)c2F)(c2c(F)c(F)c(F)c(F)c2F)C(F)(F)F)c(F)c1F. The molecule has 0 nitrogen and oxygen atoms in total. The molecule has 19 heteroatoms. The molecule has 0 spiro atoms. The quantitative estimate of drug-likeness (QED) is 0.138. The van der Waals surface area contributed by atoms with Crippen molar-refractivity contribution in [2.45, 2.75) is 5.92 Å². The Bertz CT molecular complexity index is 1250. The summed E-state index contributed by atoms with van der Waals surface area (Å²) in [4.78, 5) is 0. The van der Waals surface area contributed by atoms with Crippen LogP contribution in [0.5, 0.6) is 0 Å². The summed E-state index contributed by atoms with van der Waals surface area (Å²) in [7, 11) is -8.37. The van der Waals surface area contributed by atoms with Crippen LogP contribution in [0.25, 0.3) is 0 Å². The predicted molar refractivity (Wildman–Crippen MR) is 90.6 cm³/mol. The van der Waals surface area contributed by atoms with Crippen LogP contribution in [0, 0.1) is 87.3 Å². The van der Waals surface area contributed by atoms with Crippen molar-refractivity contribution in [3.8, 4) is 0 Å². The molecule has 0 saturated carbocycles. The summed E-state index contributed by atoms with van der Waals surface area (Å²) in [5.74, 6) is -60.5. The maximum Gasteiger partial charge on any atom is 0.524 e. The Morgan fingerprint density at radius 3 is 0.526 bits per heavy atom. The minimum Gasteiger partial charge on any atom is -0.200 e. The zero-order valence-electron chi connectivity index (χ0n) is 16.8. The largest absolute Gasteiger partial charge is 0.524 e. The highest BCUT2D eigenvalue weighted by atomic mass is 31.2. The fourth-order valence-electron chi connectivity index (χ4n) is 3.38. The molecule has 0 aliphatic rings. The van der Waals surface area contributed by atoms with E-state index in [1.807, 2.05) is 0 Å². The zero-order valence-corrected chi connectivity index (χ0v) is 17.6. The van der Waals surface area contributed by atoms with Gasteiger partial charge in [-0.05, 0) is 0 Å². The Morgan fingerprint density at radius 2 is 0.395 bits per heavy atom. The standard InChI is InChI=1S/C19F18P/c20-1-4(23)10(29)16(11(30)5(1)24)38(19(35,36)37,17-12(31)6(25)2(21)7(26)13(17)32)18-14(33)8(27)3(22)9(28)15(18)34/q+1. The van der Waals surface area contributed by atoms with Gasteiger partial charge in [0, 0.05) is 0 Å². The van der Waals surface area contributed by atoms with Crippen LogP contribution in [0.15, 0.2) is 0 Å². The highest BCUT2D eigenvalue weighted by molar-refractivity contribution is 7.96. The Hall–Kier alpha value is -3.17. The molecule has 3 aromatic rings. The molecule has 0 atom stereocenters. The maximum absolute atomic E-state index is 14.7. The summed E-state index contributed by atoms with van der Waals surface area (Å²) in [5.41, 5.74) is 0. The topological polar surface area (TPSA) is 0 Å². The molecule has 0 saturated heterocycles. The Labute approximate surface area is 196 Å². The van der Waals surface area contributed by atoms with Crippen LogP contribution in [0.3, 0.4) is 0 Å². The Kier molecular flexibility index (Phi) is 7.14. The summed E-state index contributed by atoms with van der Waals surface area (Å²) in [6.45, 7) is 0. The van der Waals surface area contributed by atoms with Gasteiger partial charge in [-0.25, -0.2) is 39.5 Å². The second-order valence-electron chi connectivity index (χ2n) is 6.89. The molecule has 0 radical (unpaired) electrons. The Morgan fingerprint density at radius 1 is 0.263 bits per heavy atom. The first-order valence-electron chi connectivity index (χ1n) is 8.80. The van der Waals surface area contributed by atoms with E-state index in [-0.39, 0.29) is 0 Å². The lowest BCUT2D eigenvalue weighted by Crippen LogP contribution is -2.49. The van der Waals surface area contributed by atoms with Crippen molar-refractivity contribution in [3.63, 3.8) is 0 Å². The van der Waals surface area contributed by atoms with Crippen LogP contribution >= 0.6 is 7.26 Å². The third-order valence-corrected chi connectivity index (χ3v) is 8.90. The molecule has 0 aliphatic carbocycles. The molecule has 0 heterocycles. The summed E-state index contributed by atoms with van der Waals surface area (Å²) in [6.07, 6.45) is 0. The van der Waals surface area contributed by atoms with E-state index in [2.05, 4.69) is 0 Å². The molecular formula is C19F18P+. The van der Waals surface area contributed by atoms with E-state index in [0.29, 0.717) is 0 Å². The minimum absolute atomic E-state index is 3.29. The average Bonchev–Trinajstić information content (AvgIpc) is 2.85. The van der Waals surface area contributed by atoms with Gasteiger partial charge in [0.1, 0.15) is 0 Å². The van der Waals surface area contributed by atoms with Crippen molar-refractivity contribution in [1.82, 2.24) is 0 Å². The summed E-state index contributed by atoms with van der Waals surface area (Å²) in [6, 6.07) is 0. The van der Waals surface area contributed by atoms with Crippen LogP contribution in [-0.2, 0) is 0 Å². The second-order valence-corrected chi connectivity index (χ2v) is 10.1. The van der Waals surface area contributed by atoms with Crippen molar-refractivity contribution in [1.29, 1.82) is 0 Å². The van der Waals surface area contributed by atoms with Gasteiger partial charge in [0.25, 0.3) is 0 Å². The molecule has 3 rings (SSSR count). The molecular weight excluding hydrogens is 601 g/mol. The molecule has 0 N–H and O–H groups in total. The van der Waals surface area contributed by atoms with Crippen molar-refractivity contribution in [2.75, 3.05) is 0 Å². The van der Waals surface area contributed by atoms with Crippen molar-refractivity contribution in [2.24, 2.45) is 0 Å². The monoisotopic (exact) mass is 601 g/mol. The third-order valence-electron chi connectivity index (χ3n) is 4.95. The van der Waals surface area contributed by atoms with E-state index in [1.54, 1.807) is 0 Å². The highest BCUT2D eigenvalue weighted by Crippen LogP contribution is 2.70. The van der Waals surface area contributed by atoms with Crippen LogP contribution in [0.4, 0.5) is 79.0 Å². The van der Waals surface area contributed by atoms with Crippen molar-refractivity contribution >= 4 is 23.2 Å². The fraction of sp³-hybridized carbons (Fsp3) is 0.0526. The van der Waals surface area contributed by atoms with E-state index in [1.165, 1.54) is 0 Å². The zero-order chi connectivity index (χ0) is 29.4. The predicted octanol–water partition coefficient (Wildman–Crippen LogP) is 6.59. The van der Waals surface area contributed by atoms with E-state index in [9.17, 15) is 79.0 Å².